The van der Waals surface area contributed by atoms with Crippen molar-refractivity contribution in [3.63, 3.8) is 0 Å². The third-order valence-corrected chi connectivity index (χ3v) is 4.23. The number of hydrogen-bond donors (Lipinski definition) is 0. The first-order valence-electron chi connectivity index (χ1n) is 4.88. The summed E-state index contributed by atoms with van der Waals surface area (Å²) in [5.41, 5.74) is 2.89. The highest BCUT2D eigenvalue weighted by atomic mass is 79.9. The van der Waals surface area contributed by atoms with E-state index < -0.39 is 0 Å². The van der Waals surface area contributed by atoms with Gasteiger partial charge in [0.25, 0.3) is 0 Å². The molecule has 14 heavy (non-hydrogen) atoms. The molecule has 0 bridgehead atoms. The second-order valence-corrected chi connectivity index (χ2v) is 4.82. The zero-order valence-electron chi connectivity index (χ0n) is 7.79. The minimum absolute atomic E-state index is 0.136. The molecule has 2 aliphatic rings. The molecule has 1 aliphatic heterocycles. The highest BCUT2D eigenvalue weighted by Crippen LogP contribution is 2.49. The van der Waals surface area contributed by atoms with Crippen LogP contribution in [0.25, 0.3) is 6.08 Å². The van der Waals surface area contributed by atoms with Crippen molar-refractivity contribution in [1.82, 2.24) is 0 Å². The maximum absolute atomic E-state index is 5.54. The fourth-order valence-corrected chi connectivity index (χ4v) is 3.20. The SMILES string of the molecule is BrC1=Cc2ccccc2C12CCOC2. The molecule has 1 heterocycles. The number of halogens is 1. The zero-order chi connectivity index (χ0) is 9.60. The Balaban J connectivity index is 2.20. The Morgan fingerprint density at radius 1 is 1.29 bits per heavy atom. The predicted molar refractivity (Wildman–Crippen MR) is 60.5 cm³/mol. The van der Waals surface area contributed by atoms with E-state index in [0.29, 0.717) is 0 Å². The van der Waals surface area contributed by atoms with Gasteiger partial charge in [0.2, 0.25) is 0 Å². The fraction of sp³-hybridized carbons (Fsp3) is 0.333. The van der Waals surface area contributed by atoms with E-state index in [0.717, 1.165) is 19.6 Å². The number of benzene rings is 1. The number of ether oxygens (including phenoxy) is 1. The molecule has 3 rings (SSSR count). The van der Waals surface area contributed by atoms with Crippen molar-refractivity contribution in [3.8, 4) is 0 Å². The lowest BCUT2D eigenvalue weighted by molar-refractivity contribution is 0.185. The molecule has 1 aromatic carbocycles. The summed E-state index contributed by atoms with van der Waals surface area (Å²) in [7, 11) is 0. The third kappa shape index (κ3) is 0.984. The summed E-state index contributed by atoms with van der Waals surface area (Å²) in [6.07, 6.45) is 3.32. The normalized spacial score (nSPS) is 29.4. The summed E-state index contributed by atoms with van der Waals surface area (Å²) in [5, 5.41) is 0. The molecule has 0 amide bonds. The Bertz CT molecular complexity index is 403. The molecule has 2 heteroatoms. The second-order valence-electron chi connectivity index (χ2n) is 3.96. The first-order valence-corrected chi connectivity index (χ1v) is 5.67. The van der Waals surface area contributed by atoms with Crippen molar-refractivity contribution < 1.29 is 4.74 Å². The van der Waals surface area contributed by atoms with Crippen LogP contribution in [0, 0.1) is 0 Å². The van der Waals surface area contributed by atoms with Gasteiger partial charge < -0.3 is 4.74 Å². The van der Waals surface area contributed by atoms with Crippen LogP contribution in [0.3, 0.4) is 0 Å². The Labute approximate surface area is 91.9 Å². The number of rotatable bonds is 0. The van der Waals surface area contributed by atoms with Crippen LogP contribution in [0.4, 0.5) is 0 Å². The largest absolute Gasteiger partial charge is 0.380 e. The van der Waals surface area contributed by atoms with Crippen LogP contribution in [0.2, 0.25) is 0 Å². The first-order chi connectivity index (χ1) is 6.83. The van der Waals surface area contributed by atoms with Crippen LogP contribution in [-0.4, -0.2) is 13.2 Å². The van der Waals surface area contributed by atoms with E-state index in [1.165, 1.54) is 15.6 Å². The van der Waals surface area contributed by atoms with Crippen molar-refractivity contribution in [2.24, 2.45) is 0 Å². The van der Waals surface area contributed by atoms with Crippen molar-refractivity contribution in [3.05, 3.63) is 39.9 Å². The quantitative estimate of drug-likeness (QED) is 0.688. The van der Waals surface area contributed by atoms with Gasteiger partial charge in [-0.25, -0.2) is 0 Å². The summed E-state index contributed by atoms with van der Waals surface area (Å²) in [6, 6.07) is 8.58. The van der Waals surface area contributed by atoms with Crippen LogP contribution in [-0.2, 0) is 10.2 Å². The third-order valence-electron chi connectivity index (χ3n) is 3.24. The van der Waals surface area contributed by atoms with Crippen LogP contribution in [0.1, 0.15) is 17.5 Å². The molecule has 0 saturated carbocycles. The average molecular weight is 251 g/mol. The van der Waals surface area contributed by atoms with E-state index in [1.807, 2.05) is 0 Å². The molecule has 1 spiro atoms. The average Bonchev–Trinajstić information content (AvgIpc) is 2.77. The monoisotopic (exact) mass is 250 g/mol. The summed E-state index contributed by atoms with van der Waals surface area (Å²) in [6.45, 7) is 1.69. The summed E-state index contributed by atoms with van der Waals surface area (Å²) in [5.74, 6) is 0. The Morgan fingerprint density at radius 3 is 2.93 bits per heavy atom. The van der Waals surface area contributed by atoms with Crippen LogP contribution in [0.15, 0.2) is 28.7 Å². The highest BCUT2D eigenvalue weighted by molar-refractivity contribution is 9.11. The molecule has 72 valence electrons. The second kappa shape index (κ2) is 2.94. The molecule has 1 saturated heterocycles. The van der Waals surface area contributed by atoms with Gasteiger partial charge in [-0.15, -0.1) is 0 Å². The lowest BCUT2D eigenvalue weighted by atomic mass is 9.82. The van der Waals surface area contributed by atoms with E-state index >= 15 is 0 Å². The van der Waals surface area contributed by atoms with Gasteiger partial charge >= 0.3 is 0 Å². The van der Waals surface area contributed by atoms with E-state index in [-0.39, 0.29) is 5.41 Å². The van der Waals surface area contributed by atoms with E-state index in [2.05, 4.69) is 46.3 Å². The molecule has 1 unspecified atom stereocenters. The zero-order valence-corrected chi connectivity index (χ0v) is 9.38. The van der Waals surface area contributed by atoms with E-state index in [1.54, 1.807) is 0 Å². The Morgan fingerprint density at radius 2 is 2.14 bits per heavy atom. The van der Waals surface area contributed by atoms with Crippen molar-refractivity contribution in [2.75, 3.05) is 13.2 Å². The number of fused-ring (bicyclic) bond motifs is 2. The molecular weight excluding hydrogens is 240 g/mol. The van der Waals surface area contributed by atoms with Crippen molar-refractivity contribution >= 4 is 22.0 Å². The molecule has 1 aromatic rings. The standard InChI is InChI=1S/C12H11BrO/c13-11-7-9-3-1-2-4-10(9)12(11)5-6-14-8-12/h1-4,7H,5-6,8H2. The van der Waals surface area contributed by atoms with E-state index in [4.69, 9.17) is 4.74 Å². The van der Waals surface area contributed by atoms with Gasteiger partial charge in [0.15, 0.2) is 0 Å². The maximum atomic E-state index is 5.54. The lowest BCUT2D eigenvalue weighted by Crippen LogP contribution is -2.24. The first kappa shape index (κ1) is 8.69. The van der Waals surface area contributed by atoms with Gasteiger partial charge in [-0.05, 0) is 23.6 Å². The van der Waals surface area contributed by atoms with Gasteiger partial charge in [-0.2, -0.15) is 0 Å². The molecule has 0 N–H and O–H groups in total. The van der Waals surface area contributed by atoms with Crippen molar-refractivity contribution in [1.29, 1.82) is 0 Å². The molecule has 1 atom stereocenters. The topological polar surface area (TPSA) is 9.23 Å². The van der Waals surface area contributed by atoms with Gasteiger partial charge in [0.1, 0.15) is 0 Å². The summed E-state index contributed by atoms with van der Waals surface area (Å²) >= 11 is 3.68. The highest BCUT2D eigenvalue weighted by Gasteiger charge is 2.43. The fourth-order valence-electron chi connectivity index (χ4n) is 2.43. The molecule has 1 nitrogen and oxygen atoms in total. The summed E-state index contributed by atoms with van der Waals surface area (Å²) < 4.78 is 6.82. The summed E-state index contributed by atoms with van der Waals surface area (Å²) in [4.78, 5) is 0. The van der Waals surface area contributed by atoms with Crippen LogP contribution in [0.5, 0.6) is 0 Å². The van der Waals surface area contributed by atoms with Crippen LogP contribution >= 0.6 is 15.9 Å². The van der Waals surface area contributed by atoms with Crippen LogP contribution < -0.4 is 0 Å². The smallest absolute Gasteiger partial charge is 0.0610 e. The molecule has 1 aliphatic carbocycles. The van der Waals surface area contributed by atoms with Gasteiger partial charge in [0.05, 0.1) is 12.0 Å². The maximum Gasteiger partial charge on any atom is 0.0610 e. The molecular formula is C12H11BrO. The minimum atomic E-state index is 0.136. The molecule has 1 fully saturated rings. The number of hydrogen-bond acceptors (Lipinski definition) is 1. The lowest BCUT2D eigenvalue weighted by Gasteiger charge is -2.23. The van der Waals surface area contributed by atoms with Crippen molar-refractivity contribution in [2.45, 2.75) is 11.8 Å². The minimum Gasteiger partial charge on any atom is -0.380 e. The van der Waals surface area contributed by atoms with E-state index in [9.17, 15) is 0 Å². The van der Waals surface area contributed by atoms with Gasteiger partial charge in [0, 0.05) is 11.1 Å². The molecule has 0 radical (unpaired) electrons. The Hall–Kier alpha value is -0.600. The Kier molecular flexibility index (Phi) is 1.83. The predicted octanol–water partition coefficient (Wildman–Crippen LogP) is 3.09. The van der Waals surface area contributed by atoms with Gasteiger partial charge in [-0.1, -0.05) is 40.2 Å². The van der Waals surface area contributed by atoms with Gasteiger partial charge in [-0.3, -0.25) is 0 Å². The molecule has 0 aromatic heterocycles.